The second-order valence-corrected chi connectivity index (χ2v) is 23.4. The van der Waals surface area contributed by atoms with E-state index >= 15 is 0 Å². The molecule has 0 radical (unpaired) electrons. The summed E-state index contributed by atoms with van der Waals surface area (Å²) in [6, 6.07) is 67.2. The van der Waals surface area contributed by atoms with E-state index in [1.165, 1.54) is 111 Å². The van der Waals surface area contributed by atoms with Crippen LogP contribution in [0.2, 0.25) is 0 Å². The molecule has 6 atom stereocenters. The molecule has 18 rings (SSSR count). The molecule has 4 heterocycles. The number of aliphatic carboxylic acids is 1. The number of hydrogen-bond donors (Lipinski definition) is 3. The third kappa shape index (κ3) is 15.2. The van der Waals surface area contributed by atoms with Crippen LogP contribution in [0.1, 0.15) is 33.1 Å². The van der Waals surface area contributed by atoms with Gasteiger partial charge in [0.15, 0.2) is 0 Å². The van der Waals surface area contributed by atoms with Crippen LogP contribution in [-0.4, -0.2) is 81.2 Å². The Morgan fingerprint density at radius 3 is 0.781 bits per heavy atom. The highest BCUT2D eigenvalue weighted by Crippen LogP contribution is 2.40. The fourth-order valence-electron chi connectivity index (χ4n) is 13.8. The predicted molar refractivity (Wildman–Crippen MR) is 409 cm³/mol. The number of aliphatic hydroxyl groups is 2. The molecular weight excluding hydrogens is 1180 g/mol. The van der Waals surface area contributed by atoms with Crippen molar-refractivity contribution in [2.24, 2.45) is 35.5 Å². The van der Waals surface area contributed by atoms with Gasteiger partial charge < -0.3 is 43.1 Å². The van der Waals surface area contributed by atoms with Gasteiger partial charge in [-0.25, -0.2) is 4.79 Å². The lowest BCUT2D eigenvalue weighted by atomic mass is 10.0. The van der Waals surface area contributed by atoms with E-state index in [-0.39, 0.29) is 12.5 Å². The van der Waals surface area contributed by atoms with Gasteiger partial charge in [0.05, 0.1) is 57.3 Å². The van der Waals surface area contributed by atoms with E-state index in [0.717, 1.165) is 26.1 Å². The van der Waals surface area contributed by atoms with Crippen LogP contribution in [0.15, 0.2) is 292 Å². The summed E-state index contributed by atoms with van der Waals surface area (Å²) >= 11 is 0. The molecule has 0 fully saturated rings. The second kappa shape index (κ2) is 34.2. The standard InChI is InChI=1S/4C14H11N.C9H12O.C8H8O2.C8H10O.C2H6O.C2H6.CH4O/c4*1-2-15-13-9-5-3-7-11(13)12-8-4-6-10-14(12)15;1-10-6-9-5-7-2-3-8(9)4-7;9-8(10)7-4-5-1-2-6(7)3-5;9-5-8-4-6-1-2-7(8)3-6;1-3-2;2*1-2/h4*2-10H,1H2;2-3,5,7-8H,4,6H2,1H3;1-2,4-6H,3H2,(H,9,10);1-2,4,6-7,9H,3,5H2;1-2H3;1-2H3;2H,1H3. The number of methoxy groups -OCH3 is 2. The molecule has 8 aromatic carbocycles. The first-order valence-corrected chi connectivity index (χ1v) is 32.9. The number of aromatic nitrogens is 4. The van der Waals surface area contributed by atoms with Crippen LogP contribution in [0.25, 0.3) is 112 Å². The van der Waals surface area contributed by atoms with Crippen molar-refractivity contribution in [1.82, 2.24) is 18.3 Å². The van der Waals surface area contributed by atoms with Crippen molar-refractivity contribution in [3.8, 4) is 0 Å². The lowest BCUT2D eigenvalue weighted by Crippen LogP contribution is -2.05. The number of hydrogen-bond acceptors (Lipinski definition) is 5. The average molecular weight is 1280 g/mol. The molecule has 0 saturated carbocycles. The van der Waals surface area contributed by atoms with Crippen molar-refractivity contribution in [3.05, 3.63) is 292 Å². The molecule has 6 bridgehead atoms. The van der Waals surface area contributed by atoms with Crippen molar-refractivity contribution in [1.29, 1.82) is 0 Å². The van der Waals surface area contributed by atoms with Crippen LogP contribution in [0.5, 0.6) is 0 Å². The third-order valence-corrected chi connectivity index (χ3v) is 17.9. The van der Waals surface area contributed by atoms with Gasteiger partial charge in [-0.15, -0.1) is 0 Å². The number of benzene rings is 8. The van der Waals surface area contributed by atoms with Crippen LogP contribution in [0.3, 0.4) is 0 Å². The summed E-state index contributed by atoms with van der Waals surface area (Å²) in [6.07, 6.45) is 30.5. The zero-order valence-electron chi connectivity index (χ0n) is 56.2. The molecule has 6 aliphatic rings. The zero-order chi connectivity index (χ0) is 68.1. The number of rotatable bonds is 8. The van der Waals surface area contributed by atoms with Crippen LogP contribution in [0, 0.1) is 35.5 Å². The highest BCUT2D eigenvalue weighted by molar-refractivity contribution is 6.12. The molecule has 10 nitrogen and oxygen atoms in total. The normalized spacial score (nSPS) is 17.9. The number of allylic oxidation sites excluding steroid dienone is 9. The SMILES string of the molecule is C=Cn1c2ccccc2c2ccccc21.C=Cn1c2ccccc2c2ccccc21.C=Cn1c2ccccc2c2ccccc21.C=Cn1c2ccccc2c2ccccc21.CC.CO.COC.COCC1=CC2C=CC1C2.O=C(O)C1=CC2C=CC1C2.OCC1=CC2C=CC1C2. The molecule has 0 spiro atoms. The molecule has 0 aliphatic heterocycles. The molecule has 6 unspecified atom stereocenters. The van der Waals surface area contributed by atoms with E-state index < -0.39 is 5.97 Å². The minimum absolute atomic E-state index is 0.211. The van der Waals surface area contributed by atoms with Gasteiger partial charge in [0, 0.05) is 120 Å². The summed E-state index contributed by atoms with van der Waals surface area (Å²) in [7, 11) is 6.01. The number of fused-ring (bicyclic) bond motifs is 18. The van der Waals surface area contributed by atoms with Crippen molar-refractivity contribution < 1.29 is 29.6 Å². The Balaban J connectivity index is 0.000000130. The van der Waals surface area contributed by atoms with Gasteiger partial charge in [-0.3, -0.25) is 0 Å². The van der Waals surface area contributed by atoms with Crippen LogP contribution >= 0.6 is 0 Å². The average Bonchev–Trinajstić information content (AvgIpc) is 1.64. The minimum Gasteiger partial charge on any atom is -0.478 e. The van der Waals surface area contributed by atoms with Crippen molar-refractivity contribution in [2.45, 2.75) is 33.1 Å². The quantitative estimate of drug-likeness (QED) is 0.131. The topological polar surface area (TPSA) is 116 Å². The lowest BCUT2D eigenvalue weighted by Gasteiger charge is -2.07. The Kier molecular flexibility index (Phi) is 24.9. The molecule has 10 heteroatoms. The predicted octanol–water partition coefficient (Wildman–Crippen LogP) is 20.6. The molecule has 3 N–H and O–H groups in total. The highest BCUT2D eigenvalue weighted by atomic mass is 16.5. The molecule has 6 aliphatic carbocycles. The van der Waals surface area contributed by atoms with E-state index in [4.69, 9.17) is 20.1 Å². The molecule has 96 heavy (non-hydrogen) atoms. The lowest BCUT2D eigenvalue weighted by molar-refractivity contribution is -0.133. The van der Waals surface area contributed by atoms with Crippen LogP contribution in [0.4, 0.5) is 0 Å². The Bertz CT molecular complexity index is 4180. The molecule has 0 saturated heterocycles. The van der Waals surface area contributed by atoms with E-state index in [0.29, 0.717) is 29.2 Å². The summed E-state index contributed by atoms with van der Waals surface area (Å²) in [5.74, 6) is 2.55. The number of carboxylic acid groups (broad SMARTS) is 1. The monoisotopic (exact) mass is 1270 g/mol. The molecule has 490 valence electrons. The summed E-state index contributed by atoms with van der Waals surface area (Å²) in [5.41, 5.74) is 13.0. The third-order valence-electron chi connectivity index (χ3n) is 17.9. The Labute approximate surface area is 564 Å². The number of nitrogens with zero attached hydrogens (tertiary/aromatic N) is 4. The largest absolute Gasteiger partial charge is 0.478 e. The number of carbonyl (C=O) groups is 1. The number of para-hydroxylation sites is 8. The van der Waals surface area contributed by atoms with E-state index in [2.05, 4.69) is 286 Å². The summed E-state index contributed by atoms with van der Waals surface area (Å²) in [5, 5.41) is 34.7. The smallest absolute Gasteiger partial charge is 0.331 e. The van der Waals surface area contributed by atoms with Gasteiger partial charge in [0.1, 0.15) is 0 Å². The van der Waals surface area contributed by atoms with Gasteiger partial charge in [-0.1, -0.05) is 240 Å². The molecular formula is C86H90N4O6. The van der Waals surface area contributed by atoms with Crippen molar-refractivity contribution >= 4 is 118 Å². The first-order chi connectivity index (χ1) is 47.1. The van der Waals surface area contributed by atoms with Crippen LogP contribution < -0.4 is 0 Å². The summed E-state index contributed by atoms with van der Waals surface area (Å²) < 4.78 is 17.8. The molecule has 12 aromatic rings. The van der Waals surface area contributed by atoms with Gasteiger partial charge >= 0.3 is 5.97 Å². The maximum Gasteiger partial charge on any atom is 0.331 e. The highest BCUT2D eigenvalue weighted by Gasteiger charge is 2.32. The first kappa shape index (κ1) is 70.0. The van der Waals surface area contributed by atoms with E-state index in [1.807, 2.05) is 50.8 Å². The fourth-order valence-corrected chi connectivity index (χ4v) is 13.8. The maximum absolute atomic E-state index is 10.5. The first-order valence-electron chi connectivity index (χ1n) is 32.9. The van der Waals surface area contributed by atoms with Gasteiger partial charge in [0.2, 0.25) is 0 Å². The van der Waals surface area contributed by atoms with E-state index in [1.54, 1.807) is 21.3 Å². The van der Waals surface area contributed by atoms with Crippen molar-refractivity contribution in [3.63, 3.8) is 0 Å². The molecule has 4 aromatic heterocycles. The minimum atomic E-state index is -0.753. The number of aliphatic hydroxyl groups excluding tert-OH is 2. The second-order valence-electron chi connectivity index (χ2n) is 23.4. The Morgan fingerprint density at radius 2 is 0.625 bits per heavy atom. The van der Waals surface area contributed by atoms with E-state index in [9.17, 15) is 4.79 Å². The Morgan fingerprint density at radius 1 is 0.396 bits per heavy atom. The summed E-state index contributed by atoms with van der Waals surface area (Å²) in [6.45, 7) is 20.5. The van der Waals surface area contributed by atoms with Gasteiger partial charge in [0.25, 0.3) is 0 Å². The van der Waals surface area contributed by atoms with Crippen LogP contribution in [-0.2, 0) is 14.3 Å². The number of carboxylic acids is 1. The maximum atomic E-state index is 10.5. The Hall–Kier alpha value is -10.3. The molecule has 0 amide bonds. The zero-order valence-corrected chi connectivity index (χ0v) is 56.2. The van der Waals surface area contributed by atoms with Gasteiger partial charge in [-0.2, -0.15) is 0 Å². The van der Waals surface area contributed by atoms with Gasteiger partial charge in [-0.05, 0) is 96.7 Å². The number of ether oxygens (including phenoxy) is 2. The van der Waals surface area contributed by atoms with Crippen molar-refractivity contribution in [2.75, 3.05) is 41.7 Å². The summed E-state index contributed by atoms with van der Waals surface area (Å²) in [4.78, 5) is 10.5. The fraction of sp³-hybridized carbons (Fsp3) is 0.198.